The molecule has 214 valence electrons. The molecule has 2 atom stereocenters. The highest BCUT2D eigenvalue weighted by Crippen LogP contribution is 2.41. The standard InChI is InChI=1S/C31H27N3O6S2/c35-23-7-3-4-18(12-23)15-33-11-10-21(28(33)37)13-22-16-42-30-26(29(38)34(30)27(22)31(39)40)32-25(36)17-41-24-9-8-19-5-1-2-6-20(19)14-24/h1-9,12-14,26,30,35H,10-11,15-17H2,(H,32,36)(H,39,40). The van der Waals surface area contributed by atoms with Gasteiger partial charge in [-0.2, -0.15) is 0 Å². The van der Waals surface area contributed by atoms with Crippen LogP contribution in [-0.2, 0) is 25.7 Å². The van der Waals surface area contributed by atoms with Crippen molar-refractivity contribution in [2.45, 2.75) is 29.3 Å². The summed E-state index contributed by atoms with van der Waals surface area (Å²) in [7, 11) is 0. The lowest BCUT2D eigenvalue weighted by atomic mass is 10.0. The molecule has 2 saturated heterocycles. The first-order valence-electron chi connectivity index (χ1n) is 13.4. The summed E-state index contributed by atoms with van der Waals surface area (Å²) in [5.74, 6) is -1.70. The molecule has 0 spiro atoms. The van der Waals surface area contributed by atoms with Crippen molar-refractivity contribution in [3.05, 3.63) is 95.2 Å². The molecule has 6 rings (SSSR count). The molecule has 0 aliphatic carbocycles. The number of allylic oxidation sites excluding steroid dienone is 1. The normalized spacial score (nSPS) is 21.1. The number of amides is 3. The highest BCUT2D eigenvalue weighted by Gasteiger charge is 2.54. The van der Waals surface area contributed by atoms with Crippen LogP contribution in [0.2, 0.25) is 0 Å². The van der Waals surface area contributed by atoms with Crippen LogP contribution in [0.5, 0.6) is 5.75 Å². The van der Waals surface area contributed by atoms with Crippen molar-refractivity contribution in [3.8, 4) is 5.75 Å². The van der Waals surface area contributed by atoms with Gasteiger partial charge in [-0.3, -0.25) is 19.3 Å². The summed E-state index contributed by atoms with van der Waals surface area (Å²) in [6, 6.07) is 19.8. The highest BCUT2D eigenvalue weighted by atomic mass is 32.2. The molecule has 2 fully saturated rings. The number of nitrogens with zero attached hydrogens (tertiary/aromatic N) is 2. The van der Waals surface area contributed by atoms with Gasteiger partial charge in [0, 0.05) is 29.3 Å². The van der Waals surface area contributed by atoms with E-state index in [4.69, 9.17) is 0 Å². The SMILES string of the molecule is O=C(CSc1ccc2ccccc2c1)NC1C(=O)N2C(C(=O)O)=C(C=C3CCN(Cc4cccc(O)c4)C3=O)CSC12. The Labute approximate surface area is 250 Å². The second-order valence-corrected chi connectivity index (χ2v) is 12.4. The number of carbonyl (C=O) groups excluding carboxylic acids is 3. The predicted octanol–water partition coefficient (Wildman–Crippen LogP) is 3.74. The number of phenols is 1. The number of benzene rings is 3. The largest absolute Gasteiger partial charge is 0.508 e. The van der Waals surface area contributed by atoms with Crippen LogP contribution in [0.1, 0.15) is 12.0 Å². The molecule has 0 bridgehead atoms. The number of phenolic OH excluding ortho intramolecular Hbond substituents is 1. The molecule has 2 unspecified atom stereocenters. The van der Waals surface area contributed by atoms with Crippen LogP contribution in [0.15, 0.2) is 94.5 Å². The summed E-state index contributed by atoms with van der Waals surface area (Å²) in [6.45, 7) is 0.803. The number of aromatic hydroxyl groups is 1. The molecule has 9 nitrogen and oxygen atoms in total. The zero-order chi connectivity index (χ0) is 29.4. The van der Waals surface area contributed by atoms with Crippen molar-refractivity contribution in [1.82, 2.24) is 15.1 Å². The van der Waals surface area contributed by atoms with E-state index >= 15 is 0 Å². The van der Waals surface area contributed by atoms with E-state index in [0.717, 1.165) is 21.2 Å². The maximum Gasteiger partial charge on any atom is 0.352 e. The van der Waals surface area contributed by atoms with Gasteiger partial charge in [0.15, 0.2) is 0 Å². The van der Waals surface area contributed by atoms with Crippen molar-refractivity contribution in [1.29, 1.82) is 0 Å². The van der Waals surface area contributed by atoms with Crippen molar-refractivity contribution in [2.75, 3.05) is 18.1 Å². The van der Waals surface area contributed by atoms with Crippen LogP contribution in [-0.4, -0.2) is 73.2 Å². The summed E-state index contributed by atoms with van der Waals surface area (Å²) in [6.07, 6.45) is 2.04. The Morgan fingerprint density at radius 3 is 2.64 bits per heavy atom. The van der Waals surface area contributed by atoms with Gasteiger partial charge in [-0.05, 0) is 58.7 Å². The number of carboxylic acids is 1. The minimum Gasteiger partial charge on any atom is -0.508 e. The zero-order valence-electron chi connectivity index (χ0n) is 22.4. The summed E-state index contributed by atoms with van der Waals surface area (Å²) in [5, 5.41) is 24.2. The fourth-order valence-corrected chi connectivity index (χ4v) is 7.47. The smallest absolute Gasteiger partial charge is 0.352 e. The topological polar surface area (TPSA) is 127 Å². The molecule has 3 aromatic carbocycles. The Balaban J connectivity index is 1.10. The lowest BCUT2D eigenvalue weighted by molar-refractivity contribution is -0.150. The van der Waals surface area contributed by atoms with Crippen LogP contribution in [0.25, 0.3) is 10.8 Å². The Hall–Kier alpha value is -4.22. The number of rotatable bonds is 8. The Morgan fingerprint density at radius 2 is 1.86 bits per heavy atom. The summed E-state index contributed by atoms with van der Waals surface area (Å²) < 4.78 is 0. The molecule has 3 aromatic rings. The third-order valence-corrected chi connectivity index (χ3v) is 9.75. The first kappa shape index (κ1) is 27.9. The van der Waals surface area contributed by atoms with Gasteiger partial charge < -0.3 is 20.4 Å². The summed E-state index contributed by atoms with van der Waals surface area (Å²) >= 11 is 2.74. The number of carbonyl (C=O) groups is 4. The fraction of sp³-hybridized carbons (Fsp3) is 0.226. The first-order valence-corrected chi connectivity index (χ1v) is 15.4. The Kier molecular flexibility index (Phi) is 7.70. The van der Waals surface area contributed by atoms with Crippen molar-refractivity contribution >= 4 is 58.0 Å². The monoisotopic (exact) mass is 601 g/mol. The highest BCUT2D eigenvalue weighted by molar-refractivity contribution is 8.00. The number of thioether (sulfide) groups is 2. The molecule has 3 aliphatic heterocycles. The Morgan fingerprint density at radius 1 is 1.05 bits per heavy atom. The van der Waals surface area contributed by atoms with Gasteiger partial charge >= 0.3 is 5.97 Å². The van der Waals surface area contributed by atoms with Crippen molar-refractivity contribution in [2.24, 2.45) is 0 Å². The van der Waals surface area contributed by atoms with Gasteiger partial charge in [0.2, 0.25) is 11.8 Å². The number of likely N-dealkylation sites (tertiary alicyclic amines) is 1. The minimum atomic E-state index is -1.25. The number of β-lactam (4-membered cyclic amide) rings is 1. The van der Waals surface area contributed by atoms with Crippen molar-refractivity contribution < 1.29 is 29.4 Å². The molecule has 0 aromatic heterocycles. The number of carboxylic acid groups (broad SMARTS) is 1. The van der Waals surface area contributed by atoms with Crippen LogP contribution in [0.4, 0.5) is 0 Å². The van der Waals surface area contributed by atoms with E-state index in [-0.39, 0.29) is 34.8 Å². The van der Waals surface area contributed by atoms with Gasteiger partial charge in [-0.15, -0.1) is 23.5 Å². The van der Waals surface area contributed by atoms with E-state index in [1.54, 1.807) is 29.2 Å². The predicted molar refractivity (Wildman–Crippen MR) is 161 cm³/mol. The second-order valence-electron chi connectivity index (χ2n) is 10.2. The van der Waals surface area contributed by atoms with Crippen LogP contribution in [0.3, 0.4) is 0 Å². The van der Waals surface area contributed by atoms with E-state index in [1.807, 2.05) is 48.5 Å². The van der Waals surface area contributed by atoms with Crippen molar-refractivity contribution in [3.63, 3.8) is 0 Å². The van der Waals surface area contributed by atoms with E-state index in [9.17, 15) is 29.4 Å². The van der Waals surface area contributed by atoms with Crippen LogP contribution < -0.4 is 5.32 Å². The zero-order valence-corrected chi connectivity index (χ0v) is 24.0. The molecule has 0 saturated carbocycles. The van der Waals surface area contributed by atoms with Crippen LogP contribution in [0, 0.1) is 0 Å². The number of hydrogen-bond donors (Lipinski definition) is 3. The number of fused-ring (bicyclic) bond motifs is 2. The van der Waals surface area contributed by atoms with E-state index < -0.39 is 23.3 Å². The minimum absolute atomic E-state index is 0.123. The third-order valence-electron chi connectivity index (χ3n) is 7.45. The molecule has 42 heavy (non-hydrogen) atoms. The maximum absolute atomic E-state index is 13.1. The molecular formula is C31H27N3O6S2. The van der Waals surface area contributed by atoms with Gasteiger partial charge in [0.1, 0.15) is 22.9 Å². The quantitative estimate of drug-likeness (QED) is 0.203. The average molecular weight is 602 g/mol. The maximum atomic E-state index is 13.1. The first-order chi connectivity index (χ1) is 20.3. The molecule has 0 radical (unpaired) electrons. The fourth-order valence-electron chi connectivity index (χ4n) is 5.41. The number of nitrogens with one attached hydrogen (secondary N) is 1. The lowest BCUT2D eigenvalue weighted by Crippen LogP contribution is -2.70. The van der Waals surface area contributed by atoms with Gasteiger partial charge in [-0.25, -0.2) is 4.79 Å². The molecule has 3 amide bonds. The number of aliphatic carboxylic acids is 1. The van der Waals surface area contributed by atoms with Gasteiger partial charge in [-0.1, -0.05) is 42.5 Å². The van der Waals surface area contributed by atoms with E-state index in [2.05, 4.69) is 5.32 Å². The van der Waals surface area contributed by atoms with Crippen LogP contribution >= 0.6 is 23.5 Å². The molecule has 3 aliphatic rings. The lowest BCUT2D eigenvalue weighted by Gasteiger charge is -2.49. The molecule has 3 heterocycles. The second kappa shape index (κ2) is 11.6. The summed E-state index contributed by atoms with van der Waals surface area (Å²) in [5.41, 5.74) is 1.52. The van der Waals surface area contributed by atoms with Gasteiger partial charge in [0.25, 0.3) is 5.91 Å². The van der Waals surface area contributed by atoms with E-state index in [0.29, 0.717) is 30.7 Å². The molecule has 11 heteroatoms. The number of hydrogen-bond acceptors (Lipinski definition) is 7. The van der Waals surface area contributed by atoms with Gasteiger partial charge in [0.05, 0.1) is 5.75 Å². The average Bonchev–Trinajstić information content (AvgIpc) is 3.32. The van der Waals surface area contributed by atoms with E-state index in [1.165, 1.54) is 28.4 Å². The summed E-state index contributed by atoms with van der Waals surface area (Å²) in [4.78, 5) is 54.9. The molecular weight excluding hydrogens is 574 g/mol. The Bertz CT molecular complexity index is 1690. The molecule has 3 N–H and O–H groups in total. The third kappa shape index (κ3) is 5.49.